The van der Waals surface area contributed by atoms with E-state index in [2.05, 4.69) is 50.0 Å². The monoisotopic (exact) mass is 278 g/mol. The number of amides is 1. The number of carbonyl (C=O) groups excluding carboxylic acids is 1. The number of hydrogen-bond donors (Lipinski definition) is 1. The average Bonchev–Trinajstić information content (AvgIpc) is 2.37. The minimum atomic E-state index is -0.425. The molecule has 1 rings (SSSR count). The summed E-state index contributed by atoms with van der Waals surface area (Å²) >= 11 is 0. The summed E-state index contributed by atoms with van der Waals surface area (Å²) in [6.07, 6.45) is -0.425. The Bertz CT molecular complexity index is 450. The maximum absolute atomic E-state index is 11.6. The van der Waals surface area contributed by atoms with Gasteiger partial charge in [-0.15, -0.1) is 0 Å². The molecule has 0 saturated carbocycles. The zero-order valence-electron chi connectivity index (χ0n) is 13.6. The number of nitrogens with one attached hydrogen (secondary N) is 1. The van der Waals surface area contributed by atoms with E-state index in [-0.39, 0.29) is 11.8 Å². The Balaban J connectivity index is 3.46. The number of benzene rings is 1. The molecule has 0 heterocycles. The van der Waals surface area contributed by atoms with Gasteiger partial charge in [0, 0.05) is 26.8 Å². The van der Waals surface area contributed by atoms with Crippen LogP contribution in [0.1, 0.15) is 50.7 Å². The van der Waals surface area contributed by atoms with E-state index < -0.39 is 6.09 Å². The quantitative estimate of drug-likeness (QED) is 0.912. The number of carbonyl (C=O) groups is 1. The molecule has 0 fully saturated rings. The minimum Gasteiger partial charge on any atom is -0.410 e. The molecule has 20 heavy (non-hydrogen) atoms. The fraction of sp³-hybridized carbons (Fsp3) is 0.562. The lowest BCUT2D eigenvalue weighted by molar-refractivity contribution is 0.202. The van der Waals surface area contributed by atoms with E-state index in [0.717, 1.165) is 16.8 Å². The van der Waals surface area contributed by atoms with Gasteiger partial charge in [-0.25, -0.2) is 4.79 Å². The third-order valence-corrected chi connectivity index (χ3v) is 3.29. The van der Waals surface area contributed by atoms with Gasteiger partial charge in [-0.3, -0.25) is 0 Å². The van der Waals surface area contributed by atoms with Gasteiger partial charge in [0.05, 0.1) is 0 Å². The molecule has 4 nitrogen and oxygen atoms in total. The van der Waals surface area contributed by atoms with Gasteiger partial charge >= 0.3 is 6.09 Å². The van der Waals surface area contributed by atoms with Crippen molar-refractivity contribution in [3.05, 3.63) is 23.3 Å². The molecule has 1 aromatic carbocycles. The molecule has 0 saturated heterocycles. The fourth-order valence-electron chi connectivity index (χ4n) is 2.04. The lowest BCUT2D eigenvalue weighted by atomic mass is 9.93. The molecule has 1 amide bonds. The Morgan fingerprint density at radius 2 is 1.55 bits per heavy atom. The molecule has 4 heteroatoms. The second kappa shape index (κ2) is 6.64. The molecule has 0 aliphatic rings. The molecule has 0 radical (unpaired) electrons. The first-order chi connectivity index (χ1) is 9.27. The maximum atomic E-state index is 11.6. The Morgan fingerprint density at radius 3 is 1.85 bits per heavy atom. The summed E-state index contributed by atoms with van der Waals surface area (Å²) in [7, 11) is 5.60. The van der Waals surface area contributed by atoms with Crippen LogP contribution in [0.4, 0.5) is 10.5 Å². The third-order valence-electron chi connectivity index (χ3n) is 3.29. The summed E-state index contributed by atoms with van der Waals surface area (Å²) in [6.45, 7) is 8.43. The zero-order chi connectivity index (χ0) is 15.4. The Labute approximate surface area is 122 Å². The normalized spacial score (nSPS) is 10.8. The van der Waals surface area contributed by atoms with E-state index in [1.165, 1.54) is 0 Å². The molecule has 0 spiro atoms. The predicted molar refractivity (Wildman–Crippen MR) is 84.0 cm³/mol. The highest BCUT2D eigenvalue weighted by molar-refractivity contribution is 5.72. The van der Waals surface area contributed by atoms with Gasteiger partial charge in [-0.1, -0.05) is 27.7 Å². The van der Waals surface area contributed by atoms with Crippen molar-refractivity contribution in [2.75, 3.05) is 26.0 Å². The van der Waals surface area contributed by atoms with Crippen LogP contribution in [-0.4, -0.2) is 27.2 Å². The molecular weight excluding hydrogens is 252 g/mol. The summed E-state index contributed by atoms with van der Waals surface area (Å²) in [4.78, 5) is 13.7. The van der Waals surface area contributed by atoms with Crippen molar-refractivity contribution >= 4 is 11.8 Å². The molecule has 0 bridgehead atoms. The van der Waals surface area contributed by atoms with Crippen LogP contribution in [0, 0.1) is 0 Å². The molecule has 112 valence electrons. The van der Waals surface area contributed by atoms with Crippen LogP contribution in [-0.2, 0) is 0 Å². The summed E-state index contributed by atoms with van der Waals surface area (Å²) < 4.78 is 5.51. The molecule has 0 aromatic heterocycles. The van der Waals surface area contributed by atoms with Crippen molar-refractivity contribution in [3.63, 3.8) is 0 Å². The highest BCUT2D eigenvalue weighted by Crippen LogP contribution is 2.38. The van der Waals surface area contributed by atoms with Gasteiger partial charge < -0.3 is 15.0 Å². The van der Waals surface area contributed by atoms with Gasteiger partial charge in [-0.2, -0.15) is 0 Å². The Kier molecular flexibility index (Phi) is 5.43. The molecule has 0 atom stereocenters. The number of nitrogens with zero attached hydrogens (tertiary/aromatic N) is 1. The maximum Gasteiger partial charge on any atom is 0.412 e. The predicted octanol–water partition coefficient (Wildman–Crippen LogP) is 3.72. The smallest absolute Gasteiger partial charge is 0.410 e. The molecule has 1 aromatic rings. The summed E-state index contributed by atoms with van der Waals surface area (Å²) in [5, 5.41) is 2.51. The number of rotatable bonds is 4. The largest absolute Gasteiger partial charge is 0.412 e. The van der Waals surface area contributed by atoms with Crippen molar-refractivity contribution in [3.8, 4) is 5.75 Å². The average molecular weight is 278 g/mol. The second-order valence-corrected chi connectivity index (χ2v) is 5.80. The van der Waals surface area contributed by atoms with Crippen LogP contribution in [0.5, 0.6) is 5.75 Å². The van der Waals surface area contributed by atoms with Crippen LogP contribution >= 0.6 is 0 Å². The van der Waals surface area contributed by atoms with Gasteiger partial charge in [0.15, 0.2) is 0 Å². The minimum absolute atomic E-state index is 0.284. The lowest BCUT2D eigenvalue weighted by Gasteiger charge is -2.23. The van der Waals surface area contributed by atoms with Crippen molar-refractivity contribution in [1.82, 2.24) is 5.32 Å². The van der Waals surface area contributed by atoms with Crippen molar-refractivity contribution in [1.29, 1.82) is 0 Å². The first-order valence-electron chi connectivity index (χ1n) is 7.02. The van der Waals surface area contributed by atoms with E-state index in [1.54, 1.807) is 7.05 Å². The summed E-state index contributed by atoms with van der Waals surface area (Å²) in [6, 6.07) is 4.18. The first-order valence-corrected chi connectivity index (χ1v) is 7.02. The van der Waals surface area contributed by atoms with Gasteiger partial charge in [0.1, 0.15) is 5.75 Å². The second-order valence-electron chi connectivity index (χ2n) is 5.80. The summed E-state index contributed by atoms with van der Waals surface area (Å²) in [5.41, 5.74) is 3.24. The number of ether oxygens (including phenoxy) is 1. The molecule has 0 aliphatic heterocycles. The SMILES string of the molecule is CNC(=O)Oc1c(C(C)C)cc(N(C)C)cc1C(C)C. The van der Waals surface area contributed by atoms with E-state index in [0.29, 0.717) is 5.75 Å². The molecule has 0 unspecified atom stereocenters. The first kappa shape index (κ1) is 16.3. The van der Waals surface area contributed by atoms with E-state index >= 15 is 0 Å². The van der Waals surface area contributed by atoms with Crippen LogP contribution in [0.2, 0.25) is 0 Å². The van der Waals surface area contributed by atoms with Gasteiger partial charge in [-0.05, 0) is 35.1 Å². The molecule has 1 N–H and O–H groups in total. The lowest BCUT2D eigenvalue weighted by Crippen LogP contribution is -2.24. The van der Waals surface area contributed by atoms with Crippen LogP contribution < -0.4 is 15.0 Å². The van der Waals surface area contributed by atoms with Crippen molar-refractivity contribution < 1.29 is 9.53 Å². The number of anilines is 1. The zero-order valence-corrected chi connectivity index (χ0v) is 13.6. The van der Waals surface area contributed by atoms with E-state index in [4.69, 9.17) is 4.74 Å². The standard InChI is InChI=1S/C16H26N2O2/c1-10(2)13-8-12(18(6)7)9-14(11(3)4)15(13)20-16(19)17-5/h8-11H,1-7H3,(H,17,19). The number of hydrogen-bond acceptors (Lipinski definition) is 3. The fourth-order valence-corrected chi connectivity index (χ4v) is 2.04. The van der Waals surface area contributed by atoms with Crippen LogP contribution in [0.25, 0.3) is 0 Å². The van der Waals surface area contributed by atoms with Crippen molar-refractivity contribution in [2.45, 2.75) is 39.5 Å². The Morgan fingerprint density at radius 1 is 1.10 bits per heavy atom. The van der Waals surface area contributed by atoms with E-state index in [9.17, 15) is 4.79 Å². The highest BCUT2D eigenvalue weighted by Gasteiger charge is 2.20. The van der Waals surface area contributed by atoms with Crippen LogP contribution in [0.3, 0.4) is 0 Å². The van der Waals surface area contributed by atoms with E-state index in [1.807, 2.05) is 14.1 Å². The summed E-state index contributed by atoms with van der Waals surface area (Å²) in [5.74, 6) is 1.26. The molecular formula is C16H26N2O2. The topological polar surface area (TPSA) is 41.6 Å². The molecule has 0 aliphatic carbocycles. The van der Waals surface area contributed by atoms with Crippen LogP contribution in [0.15, 0.2) is 12.1 Å². The Hall–Kier alpha value is -1.71. The van der Waals surface area contributed by atoms with Crippen molar-refractivity contribution in [2.24, 2.45) is 0 Å². The third kappa shape index (κ3) is 3.65. The van der Waals surface area contributed by atoms with Gasteiger partial charge in [0.25, 0.3) is 0 Å². The van der Waals surface area contributed by atoms with Gasteiger partial charge in [0.2, 0.25) is 0 Å². The highest BCUT2D eigenvalue weighted by atomic mass is 16.6.